The molecule has 5 saturated carbocycles. The Hall–Kier alpha value is -2.60. The molecule has 4 atom stereocenters. The van der Waals surface area contributed by atoms with Crippen molar-refractivity contribution in [3.63, 3.8) is 0 Å². The molecule has 0 heterocycles. The van der Waals surface area contributed by atoms with Crippen LogP contribution in [0.2, 0.25) is 0 Å². The van der Waals surface area contributed by atoms with Crippen molar-refractivity contribution in [2.45, 2.75) is 23.7 Å². The SMILES string of the molecule is C1=CC23C4c5ccccc5C5C6C4C4c7ccccc7C6C6(C=CC=CC426)C53C=C1. The second-order valence-electron chi connectivity index (χ2n) is 11.2. The average Bonchev–Trinajstić information content (AvgIpc) is 3.07. The van der Waals surface area contributed by atoms with E-state index in [2.05, 4.69) is 97.1 Å². The van der Waals surface area contributed by atoms with Crippen molar-refractivity contribution in [2.24, 2.45) is 33.5 Å². The van der Waals surface area contributed by atoms with Gasteiger partial charge < -0.3 is 0 Å². The van der Waals surface area contributed by atoms with Crippen LogP contribution in [0.3, 0.4) is 0 Å². The van der Waals surface area contributed by atoms with Gasteiger partial charge in [0.1, 0.15) is 0 Å². The van der Waals surface area contributed by atoms with Gasteiger partial charge in [-0.3, -0.25) is 0 Å². The van der Waals surface area contributed by atoms with Gasteiger partial charge in [0.15, 0.2) is 0 Å². The van der Waals surface area contributed by atoms with E-state index in [1.807, 2.05) is 0 Å². The van der Waals surface area contributed by atoms with Crippen LogP contribution in [0.4, 0.5) is 0 Å². The van der Waals surface area contributed by atoms with Crippen molar-refractivity contribution in [2.75, 3.05) is 0 Å². The third-order valence-corrected chi connectivity index (χ3v) is 11.7. The standard InChI is InChI=1S/C30H22/c1-2-10-18-17(9-1)23-21-22-24(18)28-14-6-5-13-27(23,28)29-15-7-8-16-30(28,29)26(22)20-12-4-3-11-19(20)25(21)29/h1-16,21-26H. The van der Waals surface area contributed by atoms with Crippen LogP contribution in [-0.2, 0) is 0 Å². The molecule has 10 bridgehead atoms. The summed E-state index contributed by atoms with van der Waals surface area (Å²) in [6, 6.07) is 19.2. The number of benzene rings is 2. The summed E-state index contributed by atoms with van der Waals surface area (Å²) in [7, 11) is 0. The summed E-state index contributed by atoms with van der Waals surface area (Å²) in [5.74, 6) is 4.24. The maximum Gasteiger partial charge on any atom is 0.0168 e. The molecule has 11 aliphatic rings. The maximum atomic E-state index is 2.71. The Bertz CT molecular complexity index is 1150. The predicted octanol–water partition coefficient (Wildman–Crippen LogP) is 6.23. The average molecular weight is 383 g/mol. The fourth-order valence-corrected chi connectivity index (χ4v) is 12.2. The van der Waals surface area contributed by atoms with Crippen LogP contribution in [0.15, 0.2) is 97.1 Å². The third-order valence-electron chi connectivity index (χ3n) is 11.7. The van der Waals surface area contributed by atoms with Gasteiger partial charge in [-0.25, -0.2) is 0 Å². The van der Waals surface area contributed by atoms with Gasteiger partial charge in [-0.15, -0.1) is 0 Å². The van der Waals surface area contributed by atoms with E-state index in [0.717, 1.165) is 11.8 Å². The van der Waals surface area contributed by atoms with Crippen LogP contribution in [0.1, 0.15) is 45.9 Å². The van der Waals surface area contributed by atoms with Crippen LogP contribution >= 0.6 is 0 Å². The molecule has 2 aromatic rings. The maximum absolute atomic E-state index is 2.71. The van der Waals surface area contributed by atoms with Crippen molar-refractivity contribution >= 4 is 0 Å². The molecule has 13 rings (SSSR count). The highest BCUT2D eigenvalue weighted by Crippen LogP contribution is 3.08. The van der Waals surface area contributed by atoms with Gasteiger partial charge in [-0.05, 0) is 57.8 Å². The van der Waals surface area contributed by atoms with Gasteiger partial charge in [0.05, 0.1) is 0 Å². The van der Waals surface area contributed by atoms with Crippen molar-refractivity contribution in [1.82, 2.24) is 0 Å². The summed E-state index contributed by atoms with van der Waals surface area (Å²) in [4.78, 5) is 0. The zero-order valence-corrected chi connectivity index (χ0v) is 16.7. The van der Waals surface area contributed by atoms with E-state index >= 15 is 0 Å². The van der Waals surface area contributed by atoms with E-state index in [1.54, 1.807) is 22.3 Å². The van der Waals surface area contributed by atoms with Gasteiger partial charge in [-0.2, -0.15) is 0 Å². The zero-order chi connectivity index (χ0) is 19.1. The van der Waals surface area contributed by atoms with Crippen LogP contribution in [0.25, 0.3) is 0 Å². The molecule has 5 fully saturated rings. The van der Waals surface area contributed by atoms with Crippen molar-refractivity contribution in [3.8, 4) is 0 Å². The molecule has 0 amide bonds. The van der Waals surface area contributed by atoms with Crippen LogP contribution < -0.4 is 0 Å². The first kappa shape index (κ1) is 14.4. The van der Waals surface area contributed by atoms with Gasteiger partial charge in [0, 0.05) is 21.7 Å². The summed E-state index contributed by atoms with van der Waals surface area (Å²) < 4.78 is 0. The second-order valence-corrected chi connectivity index (χ2v) is 11.2. The van der Waals surface area contributed by atoms with Crippen molar-refractivity contribution in [3.05, 3.63) is 119 Å². The normalized spacial score (nSPS) is 56.0. The highest BCUT2D eigenvalue weighted by Gasteiger charge is 3.03. The Morgan fingerprint density at radius 2 is 0.667 bits per heavy atom. The molecule has 4 unspecified atom stereocenters. The quantitative estimate of drug-likeness (QED) is 0.506. The third kappa shape index (κ3) is 0.850. The van der Waals surface area contributed by atoms with E-state index in [1.165, 1.54) is 0 Å². The Labute approximate surface area is 176 Å². The number of rotatable bonds is 0. The van der Waals surface area contributed by atoms with E-state index in [0.29, 0.717) is 23.7 Å². The summed E-state index contributed by atoms with van der Waals surface area (Å²) in [6.07, 6.45) is 20.5. The highest BCUT2D eigenvalue weighted by atomic mass is 15.0. The molecule has 0 aliphatic heterocycles. The predicted molar refractivity (Wildman–Crippen MR) is 117 cm³/mol. The molecule has 142 valence electrons. The van der Waals surface area contributed by atoms with Crippen LogP contribution in [-0.4, -0.2) is 0 Å². The van der Waals surface area contributed by atoms with Crippen LogP contribution in [0.5, 0.6) is 0 Å². The minimum atomic E-state index is 0.253. The molecule has 0 aromatic heterocycles. The molecule has 0 nitrogen and oxygen atoms in total. The lowest BCUT2D eigenvalue weighted by Crippen LogP contribution is -2.79. The van der Waals surface area contributed by atoms with Crippen LogP contribution in [0, 0.1) is 33.5 Å². The minimum absolute atomic E-state index is 0.253. The lowest BCUT2D eigenvalue weighted by molar-refractivity contribution is -0.249. The fourth-order valence-electron chi connectivity index (χ4n) is 12.2. The van der Waals surface area contributed by atoms with E-state index in [-0.39, 0.29) is 21.7 Å². The van der Waals surface area contributed by atoms with Crippen molar-refractivity contribution < 1.29 is 0 Å². The molecule has 0 saturated heterocycles. The second kappa shape index (κ2) is 3.75. The molecule has 30 heavy (non-hydrogen) atoms. The molecule has 2 aromatic carbocycles. The molecule has 0 N–H and O–H groups in total. The summed E-state index contributed by atoms with van der Waals surface area (Å²) in [5, 5.41) is 0. The molecule has 11 aliphatic carbocycles. The Balaban J connectivity index is 1.49. The van der Waals surface area contributed by atoms with E-state index in [9.17, 15) is 0 Å². The first-order chi connectivity index (χ1) is 14.9. The monoisotopic (exact) mass is 382 g/mol. The first-order valence-corrected chi connectivity index (χ1v) is 11.8. The first-order valence-electron chi connectivity index (χ1n) is 11.8. The lowest BCUT2D eigenvalue weighted by Gasteiger charge is -2.83. The Morgan fingerprint density at radius 3 is 0.933 bits per heavy atom. The molecule has 4 spiro atoms. The Kier molecular flexibility index (Phi) is 1.80. The Morgan fingerprint density at radius 1 is 0.400 bits per heavy atom. The highest BCUT2D eigenvalue weighted by molar-refractivity contribution is 5.75. The van der Waals surface area contributed by atoms with Crippen molar-refractivity contribution in [1.29, 1.82) is 0 Å². The molecule has 0 heteroatoms. The molecular formula is C30H22. The smallest absolute Gasteiger partial charge is 0.0168 e. The summed E-state index contributed by atoms with van der Waals surface area (Å²) in [6.45, 7) is 0. The molecule has 0 radical (unpaired) electrons. The number of allylic oxidation sites excluding steroid dienone is 8. The van der Waals surface area contributed by atoms with Gasteiger partial charge in [-0.1, -0.05) is 97.1 Å². The van der Waals surface area contributed by atoms with Gasteiger partial charge in [0.2, 0.25) is 0 Å². The van der Waals surface area contributed by atoms with E-state index < -0.39 is 0 Å². The molecular weight excluding hydrogens is 360 g/mol. The number of hydrogen-bond acceptors (Lipinski definition) is 0. The zero-order valence-electron chi connectivity index (χ0n) is 16.7. The largest absolute Gasteiger partial charge is 0.0758 e. The van der Waals surface area contributed by atoms with E-state index in [4.69, 9.17) is 0 Å². The van der Waals surface area contributed by atoms with Gasteiger partial charge >= 0.3 is 0 Å². The minimum Gasteiger partial charge on any atom is -0.0758 e. The topological polar surface area (TPSA) is 0 Å². The fraction of sp³-hybridized carbons (Fsp3) is 0.333. The lowest BCUT2D eigenvalue weighted by atomic mass is 9.18. The van der Waals surface area contributed by atoms with Gasteiger partial charge in [0.25, 0.3) is 0 Å². The number of hydrogen-bond donors (Lipinski definition) is 0. The summed E-state index contributed by atoms with van der Waals surface area (Å²) in [5.41, 5.74) is 7.78. The summed E-state index contributed by atoms with van der Waals surface area (Å²) >= 11 is 0.